The van der Waals surface area contributed by atoms with Crippen LogP contribution in [0.4, 0.5) is 0 Å². The molecule has 1 aliphatic heterocycles. The van der Waals surface area contributed by atoms with Gasteiger partial charge in [0.15, 0.2) is 0 Å². The summed E-state index contributed by atoms with van der Waals surface area (Å²) < 4.78 is 30.8. The number of para-hydroxylation sites is 1. The molecule has 0 aliphatic carbocycles. The number of hydrogen-bond acceptors (Lipinski definition) is 4. The first kappa shape index (κ1) is 18.7. The third-order valence-corrected chi connectivity index (χ3v) is 5.61. The van der Waals surface area contributed by atoms with Gasteiger partial charge in [0.1, 0.15) is 18.4 Å². The molecule has 6 nitrogen and oxygen atoms in total. The molecular weight excluding hydrogens is 328 g/mol. The number of hydrogen-bond donors (Lipinski definition) is 0. The van der Waals surface area contributed by atoms with Crippen molar-refractivity contribution in [1.29, 1.82) is 0 Å². The third kappa shape index (κ3) is 4.70. The van der Waals surface area contributed by atoms with Gasteiger partial charge in [0.25, 0.3) is 0 Å². The van der Waals surface area contributed by atoms with Gasteiger partial charge in [0.2, 0.25) is 15.9 Å². The van der Waals surface area contributed by atoms with Crippen LogP contribution in [0.3, 0.4) is 0 Å². The van der Waals surface area contributed by atoms with Crippen LogP contribution < -0.4 is 4.74 Å². The van der Waals surface area contributed by atoms with Gasteiger partial charge in [-0.15, -0.1) is 0 Å². The van der Waals surface area contributed by atoms with Gasteiger partial charge in [-0.25, -0.2) is 8.42 Å². The lowest BCUT2D eigenvalue weighted by Crippen LogP contribution is -2.52. The lowest BCUT2D eigenvalue weighted by atomic mass is 10.0. The molecule has 1 amide bonds. The molecule has 24 heavy (non-hydrogen) atoms. The van der Waals surface area contributed by atoms with E-state index < -0.39 is 16.1 Å². The summed E-state index contributed by atoms with van der Waals surface area (Å²) in [6, 6.07) is 7.13. The van der Waals surface area contributed by atoms with Crippen LogP contribution in [0.15, 0.2) is 24.3 Å². The second-order valence-corrected chi connectivity index (χ2v) is 8.19. The monoisotopic (exact) mass is 354 g/mol. The SMILES string of the molecule is Cc1ccccc1OCCN(C)C(=O)C1CCCCN1S(C)(=O)=O. The molecule has 0 saturated carbocycles. The summed E-state index contributed by atoms with van der Waals surface area (Å²) in [4.78, 5) is 14.2. The minimum absolute atomic E-state index is 0.159. The number of aryl methyl sites for hydroxylation is 1. The lowest BCUT2D eigenvalue weighted by Gasteiger charge is -2.34. The van der Waals surface area contributed by atoms with Crippen LogP contribution in [0, 0.1) is 6.92 Å². The highest BCUT2D eigenvalue weighted by Gasteiger charge is 2.35. The topological polar surface area (TPSA) is 66.9 Å². The lowest BCUT2D eigenvalue weighted by molar-refractivity contribution is -0.135. The van der Waals surface area contributed by atoms with Crippen LogP contribution in [0.2, 0.25) is 0 Å². The predicted octanol–water partition coefficient (Wildman–Crippen LogP) is 1.65. The molecule has 134 valence electrons. The second-order valence-electron chi connectivity index (χ2n) is 6.26. The van der Waals surface area contributed by atoms with Crippen LogP contribution >= 0.6 is 0 Å². The van der Waals surface area contributed by atoms with E-state index in [1.807, 2.05) is 31.2 Å². The fourth-order valence-corrected chi connectivity index (χ4v) is 4.04. The molecule has 0 bridgehead atoms. The zero-order chi connectivity index (χ0) is 17.7. The first-order chi connectivity index (χ1) is 11.3. The van der Waals surface area contributed by atoms with E-state index in [1.165, 1.54) is 10.6 Å². The fraction of sp³-hybridized carbons (Fsp3) is 0.588. The van der Waals surface area contributed by atoms with Crippen molar-refractivity contribution in [3.8, 4) is 5.75 Å². The van der Waals surface area contributed by atoms with Crippen molar-refractivity contribution < 1.29 is 17.9 Å². The van der Waals surface area contributed by atoms with Gasteiger partial charge in [0.05, 0.1) is 12.8 Å². The highest BCUT2D eigenvalue weighted by molar-refractivity contribution is 7.88. The zero-order valence-corrected chi connectivity index (χ0v) is 15.4. The number of amides is 1. The molecule has 0 N–H and O–H groups in total. The van der Waals surface area contributed by atoms with Crippen LogP contribution in [0.1, 0.15) is 24.8 Å². The van der Waals surface area contributed by atoms with Crippen molar-refractivity contribution in [1.82, 2.24) is 9.21 Å². The molecule has 0 spiro atoms. The maximum Gasteiger partial charge on any atom is 0.240 e. The number of piperidine rings is 1. The van der Waals surface area contributed by atoms with Crippen molar-refractivity contribution >= 4 is 15.9 Å². The molecule has 1 saturated heterocycles. The van der Waals surface area contributed by atoms with Crippen LogP contribution in [0.25, 0.3) is 0 Å². The van der Waals surface area contributed by atoms with E-state index in [4.69, 9.17) is 4.74 Å². The molecule has 0 radical (unpaired) electrons. The largest absolute Gasteiger partial charge is 0.491 e. The fourth-order valence-electron chi connectivity index (χ4n) is 2.92. The molecular formula is C17H26N2O4S. The number of carbonyl (C=O) groups excluding carboxylic acids is 1. The minimum Gasteiger partial charge on any atom is -0.491 e. The highest BCUT2D eigenvalue weighted by atomic mass is 32.2. The normalized spacial score (nSPS) is 19.0. The predicted molar refractivity (Wildman–Crippen MR) is 93.5 cm³/mol. The van der Waals surface area contributed by atoms with Gasteiger partial charge in [-0.2, -0.15) is 4.31 Å². The molecule has 1 aromatic carbocycles. The summed E-state index contributed by atoms with van der Waals surface area (Å²) in [5, 5.41) is 0. The number of benzene rings is 1. The number of carbonyl (C=O) groups is 1. The second kappa shape index (κ2) is 7.98. The maximum absolute atomic E-state index is 12.6. The van der Waals surface area contributed by atoms with Gasteiger partial charge in [-0.3, -0.25) is 4.79 Å². The van der Waals surface area contributed by atoms with E-state index in [9.17, 15) is 13.2 Å². The van der Waals surface area contributed by atoms with E-state index in [2.05, 4.69) is 0 Å². The molecule has 1 unspecified atom stereocenters. The summed E-state index contributed by atoms with van der Waals surface area (Å²) in [5.74, 6) is 0.641. The van der Waals surface area contributed by atoms with Gasteiger partial charge in [-0.05, 0) is 31.4 Å². The smallest absolute Gasteiger partial charge is 0.240 e. The average Bonchev–Trinajstić information content (AvgIpc) is 2.55. The summed E-state index contributed by atoms with van der Waals surface area (Å²) in [6.45, 7) is 3.18. The number of ether oxygens (including phenoxy) is 1. The van der Waals surface area contributed by atoms with Crippen LogP contribution in [-0.4, -0.2) is 62.6 Å². The highest BCUT2D eigenvalue weighted by Crippen LogP contribution is 2.21. The van der Waals surface area contributed by atoms with Crippen molar-refractivity contribution in [2.45, 2.75) is 32.2 Å². The standard InChI is InChI=1S/C17H26N2O4S/c1-14-8-4-5-10-16(14)23-13-12-18(2)17(20)15-9-6-7-11-19(15)24(3,21)22/h4-5,8,10,15H,6-7,9,11-13H2,1-3H3. The Morgan fingerprint density at radius 3 is 2.71 bits per heavy atom. The Bertz CT molecular complexity index is 675. The molecule has 1 fully saturated rings. The number of nitrogens with zero attached hydrogens (tertiary/aromatic N) is 2. The molecule has 7 heteroatoms. The summed E-state index contributed by atoms with van der Waals surface area (Å²) in [7, 11) is -1.68. The van der Waals surface area contributed by atoms with Crippen molar-refractivity contribution in [3.05, 3.63) is 29.8 Å². The van der Waals surface area contributed by atoms with E-state index >= 15 is 0 Å². The number of likely N-dealkylation sites (N-methyl/N-ethyl adjacent to an activating group) is 1. The third-order valence-electron chi connectivity index (χ3n) is 4.32. The average molecular weight is 354 g/mol. The summed E-state index contributed by atoms with van der Waals surface area (Å²) in [5.41, 5.74) is 1.04. The van der Waals surface area contributed by atoms with Gasteiger partial charge < -0.3 is 9.64 Å². The summed E-state index contributed by atoms with van der Waals surface area (Å²) in [6.07, 6.45) is 3.42. The van der Waals surface area contributed by atoms with E-state index in [1.54, 1.807) is 11.9 Å². The Hall–Kier alpha value is -1.60. The molecule has 1 aliphatic rings. The van der Waals surface area contributed by atoms with Crippen molar-refractivity contribution in [2.24, 2.45) is 0 Å². The number of rotatable bonds is 6. The Morgan fingerprint density at radius 2 is 2.04 bits per heavy atom. The van der Waals surface area contributed by atoms with Crippen LogP contribution in [-0.2, 0) is 14.8 Å². The molecule has 1 heterocycles. The van der Waals surface area contributed by atoms with Crippen molar-refractivity contribution in [2.75, 3.05) is 33.0 Å². The first-order valence-corrected chi connectivity index (χ1v) is 10.1. The van der Waals surface area contributed by atoms with Gasteiger partial charge in [-0.1, -0.05) is 24.6 Å². The quantitative estimate of drug-likeness (QED) is 0.779. The Morgan fingerprint density at radius 1 is 1.33 bits per heavy atom. The molecule has 2 rings (SSSR count). The Labute approximate surface area is 144 Å². The Kier molecular flexibility index (Phi) is 6.23. The minimum atomic E-state index is -3.37. The van der Waals surface area contributed by atoms with Crippen LogP contribution in [0.5, 0.6) is 5.75 Å². The van der Waals surface area contributed by atoms with E-state index in [-0.39, 0.29) is 5.91 Å². The number of sulfonamides is 1. The van der Waals surface area contributed by atoms with Crippen molar-refractivity contribution in [3.63, 3.8) is 0 Å². The maximum atomic E-state index is 12.6. The molecule has 0 aromatic heterocycles. The summed E-state index contributed by atoms with van der Waals surface area (Å²) >= 11 is 0. The first-order valence-electron chi connectivity index (χ1n) is 8.21. The van der Waals surface area contributed by atoms with E-state index in [0.717, 1.165) is 24.2 Å². The van der Waals surface area contributed by atoms with E-state index in [0.29, 0.717) is 26.1 Å². The van der Waals surface area contributed by atoms with Gasteiger partial charge in [0, 0.05) is 13.6 Å². The van der Waals surface area contributed by atoms with Gasteiger partial charge >= 0.3 is 0 Å². The molecule has 1 atom stereocenters. The molecule has 1 aromatic rings. The Balaban J connectivity index is 1.92. The zero-order valence-electron chi connectivity index (χ0n) is 14.6.